The number of hydrogen-bond acceptors (Lipinski definition) is 6. The number of nitrogens with one attached hydrogen (secondary N) is 1. The first-order valence-electron chi connectivity index (χ1n) is 13.0. The topological polar surface area (TPSA) is 110 Å². The van der Waals surface area contributed by atoms with E-state index >= 15 is 0 Å². The molecule has 0 spiro atoms. The second kappa shape index (κ2) is 10.6. The maximum Gasteiger partial charge on any atom is 0.335 e. The smallest absolute Gasteiger partial charge is 0.335 e. The van der Waals surface area contributed by atoms with Gasteiger partial charge in [0.05, 0.1) is 28.8 Å². The maximum atomic E-state index is 13.6. The monoisotopic (exact) mass is 553 g/mol. The van der Waals surface area contributed by atoms with Crippen molar-refractivity contribution in [3.8, 4) is 0 Å². The van der Waals surface area contributed by atoms with Crippen molar-refractivity contribution in [2.24, 2.45) is 11.8 Å². The van der Waals surface area contributed by atoms with Gasteiger partial charge in [-0.15, -0.1) is 0 Å². The van der Waals surface area contributed by atoms with Crippen molar-refractivity contribution in [2.45, 2.75) is 38.5 Å². The van der Waals surface area contributed by atoms with Crippen LogP contribution in [-0.2, 0) is 15.8 Å². The summed E-state index contributed by atoms with van der Waals surface area (Å²) in [6, 6.07) is 12.4. The van der Waals surface area contributed by atoms with Crippen molar-refractivity contribution < 1.29 is 27.8 Å². The van der Waals surface area contributed by atoms with E-state index in [0.29, 0.717) is 0 Å². The van der Waals surface area contributed by atoms with Gasteiger partial charge >= 0.3 is 5.97 Å². The molecule has 206 valence electrons. The Morgan fingerprint density at radius 3 is 2.62 bits per heavy atom. The van der Waals surface area contributed by atoms with Crippen molar-refractivity contribution in [3.63, 3.8) is 0 Å². The lowest BCUT2D eigenvalue weighted by molar-refractivity contribution is 0.0696. The van der Waals surface area contributed by atoms with Crippen LogP contribution in [0.3, 0.4) is 0 Å². The molecule has 0 amide bonds. The Morgan fingerprint density at radius 1 is 1.21 bits per heavy atom. The molecule has 1 aliphatic heterocycles. The van der Waals surface area contributed by atoms with Crippen LogP contribution in [-0.4, -0.2) is 48.1 Å². The van der Waals surface area contributed by atoms with E-state index in [9.17, 15) is 27.8 Å². The van der Waals surface area contributed by atoms with E-state index in [1.54, 1.807) is 31.2 Å². The molecule has 3 atom stereocenters. The van der Waals surface area contributed by atoms with Gasteiger partial charge in [0.1, 0.15) is 5.82 Å². The number of fused-ring (bicyclic) bond motifs is 1. The molecule has 8 nitrogen and oxygen atoms in total. The molecular weight excluding hydrogens is 521 g/mol. The average Bonchev–Trinajstić information content (AvgIpc) is 3.49. The summed E-state index contributed by atoms with van der Waals surface area (Å²) in [6.45, 7) is 3.79. The summed E-state index contributed by atoms with van der Waals surface area (Å²) in [5.74, 6) is -1.95. The van der Waals surface area contributed by atoms with Gasteiger partial charge in [0.25, 0.3) is 0 Å². The Hall–Kier alpha value is -3.47. The van der Waals surface area contributed by atoms with Gasteiger partial charge < -0.3 is 15.6 Å². The summed E-state index contributed by atoms with van der Waals surface area (Å²) in [6.07, 6.45) is 4.74. The molecule has 0 saturated heterocycles. The van der Waals surface area contributed by atoms with Gasteiger partial charge in [-0.3, -0.25) is 5.01 Å². The molecule has 0 saturated carbocycles. The van der Waals surface area contributed by atoms with E-state index in [0.717, 1.165) is 29.8 Å². The number of aliphatic hydroxyl groups is 1. The van der Waals surface area contributed by atoms with Gasteiger partial charge in [0.2, 0.25) is 10.0 Å². The predicted molar refractivity (Wildman–Crippen MR) is 146 cm³/mol. The van der Waals surface area contributed by atoms with E-state index < -0.39 is 27.8 Å². The summed E-state index contributed by atoms with van der Waals surface area (Å²) in [7, 11) is -3.93. The zero-order valence-electron chi connectivity index (χ0n) is 21.8. The lowest BCUT2D eigenvalue weighted by Crippen LogP contribution is -2.41. The molecule has 0 unspecified atom stereocenters. The molecule has 0 bridgehead atoms. The number of carbonyl (C=O) groups is 1. The fourth-order valence-corrected chi connectivity index (χ4v) is 7.57. The van der Waals surface area contributed by atoms with Crippen molar-refractivity contribution in [2.75, 3.05) is 18.1 Å². The largest absolute Gasteiger partial charge is 0.478 e. The van der Waals surface area contributed by atoms with Gasteiger partial charge in [-0.1, -0.05) is 30.7 Å². The van der Waals surface area contributed by atoms with E-state index in [2.05, 4.69) is 18.4 Å². The summed E-state index contributed by atoms with van der Waals surface area (Å²) in [5.41, 5.74) is 8.67. The number of hydrogen-bond donors (Lipinski definition) is 3. The third-order valence-electron chi connectivity index (χ3n) is 7.66. The first kappa shape index (κ1) is 27.1. The Labute approximate surface area is 227 Å². The predicted octanol–water partition coefficient (Wildman–Crippen LogP) is 4.19. The lowest BCUT2D eigenvalue weighted by Gasteiger charge is -2.32. The van der Waals surface area contributed by atoms with E-state index in [1.165, 1.54) is 39.7 Å². The van der Waals surface area contributed by atoms with Gasteiger partial charge in [-0.05, 0) is 73.2 Å². The van der Waals surface area contributed by atoms with Crippen LogP contribution in [0.4, 0.5) is 10.1 Å². The van der Waals surface area contributed by atoms with E-state index in [-0.39, 0.29) is 41.9 Å². The molecular formula is C29H32FN3O5S. The van der Waals surface area contributed by atoms with Crippen LogP contribution in [0.15, 0.2) is 83.2 Å². The normalized spacial score (nSPS) is 21.3. The van der Waals surface area contributed by atoms with Gasteiger partial charge in [-0.2, -0.15) is 4.31 Å². The molecule has 5 rings (SSSR count). The number of sulfonamides is 1. The third-order valence-corrected chi connectivity index (χ3v) is 9.42. The second-order valence-electron chi connectivity index (χ2n) is 10.4. The first-order valence-corrected chi connectivity index (χ1v) is 14.6. The number of nitrogens with zero attached hydrogens (tertiary/aromatic N) is 2. The highest BCUT2D eigenvalue weighted by Crippen LogP contribution is 2.48. The number of carboxylic acid groups (broad SMARTS) is 1. The van der Waals surface area contributed by atoms with Crippen LogP contribution in [0.5, 0.6) is 0 Å². The zero-order valence-corrected chi connectivity index (χ0v) is 22.7. The summed E-state index contributed by atoms with van der Waals surface area (Å²) in [4.78, 5) is 11.7. The number of aliphatic hydroxyl groups excluding tert-OH is 1. The fraction of sp³-hybridized carbons (Fsp3) is 0.345. The molecule has 3 aliphatic rings. The van der Waals surface area contributed by atoms with Gasteiger partial charge in [-0.25, -0.2) is 17.6 Å². The number of allylic oxidation sites excluding steroid dienone is 3. The zero-order chi connectivity index (χ0) is 27.9. The Bertz CT molecular complexity index is 1480. The second-order valence-corrected chi connectivity index (χ2v) is 12.4. The molecule has 3 N–H and O–H groups in total. The summed E-state index contributed by atoms with van der Waals surface area (Å²) < 4.78 is 42.0. The third kappa shape index (κ3) is 5.36. The average molecular weight is 554 g/mol. The molecule has 0 fully saturated rings. The molecule has 1 heterocycles. The molecule has 2 aliphatic carbocycles. The molecule has 2 aromatic rings. The Balaban J connectivity index is 1.41. The number of aromatic carboxylic acids is 1. The van der Waals surface area contributed by atoms with Crippen LogP contribution in [0, 0.1) is 17.7 Å². The number of benzene rings is 2. The van der Waals surface area contributed by atoms with Crippen molar-refractivity contribution >= 4 is 21.7 Å². The fourth-order valence-electron chi connectivity index (χ4n) is 5.89. The minimum absolute atomic E-state index is 0.0364. The highest BCUT2D eigenvalue weighted by atomic mass is 32.2. The van der Waals surface area contributed by atoms with Crippen LogP contribution in [0.1, 0.15) is 42.6 Å². The number of halogens is 1. The molecule has 39 heavy (non-hydrogen) atoms. The van der Waals surface area contributed by atoms with Gasteiger partial charge in [0, 0.05) is 30.8 Å². The van der Waals surface area contributed by atoms with E-state index in [4.69, 9.17) is 0 Å². The quantitative estimate of drug-likeness (QED) is 0.427. The molecule has 10 heteroatoms. The van der Waals surface area contributed by atoms with Crippen LogP contribution < -0.4 is 10.4 Å². The number of anilines is 1. The highest BCUT2D eigenvalue weighted by Gasteiger charge is 2.40. The lowest BCUT2D eigenvalue weighted by atomic mass is 9.80. The van der Waals surface area contributed by atoms with Crippen LogP contribution in [0.2, 0.25) is 0 Å². The maximum absolute atomic E-state index is 13.6. The molecule has 0 radical (unpaired) electrons. The Kier molecular flexibility index (Phi) is 7.37. The first-order chi connectivity index (χ1) is 18.5. The van der Waals surface area contributed by atoms with Crippen LogP contribution >= 0.6 is 0 Å². The number of rotatable bonds is 9. The van der Waals surface area contributed by atoms with Crippen LogP contribution in [0.25, 0.3) is 0 Å². The minimum Gasteiger partial charge on any atom is -0.478 e. The standard InChI is InChI=1S/C29H32FN3O5S/c1-18(34)15-32(39(37,38)17-22-5-3-4-6-25(22)29(35)36)16-21-8-7-20-13-27-26(19(2)28(20)21)14-31-33(27)24-11-9-23(30)10-12-24/h3-6,9-14,18-19,21,31,34H,7-8,15-17H2,1-2H3,(H,35,36)/t18-,19-,21+/m0/s1. The minimum atomic E-state index is -3.93. The number of hydrazine groups is 1. The van der Waals surface area contributed by atoms with Crippen molar-refractivity contribution in [1.29, 1.82) is 0 Å². The SMILES string of the molecule is C[C@H]1C2=CNN(c3ccc(F)cc3)C2=CC2=C1[C@@H](CN(C[C@H](C)O)S(=O)(=O)Cc1ccccc1C(=O)O)CC2. The summed E-state index contributed by atoms with van der Waals surface area (Å²) >= 11 is 0. The highest BCUT2D eigenvalue weighted by molar-refractivity contribution is 7.88. The van der Waals surface area contributed by atoms with Gasteiger partial charge in [0.15, 0.2) is 0 Å². The van der Waals surface area contributed by atoms with Crippen molar-refractivity contribution in [3.05, 3.63) is 100 Å². The molecule has 2 aromatic carbocycles. The number of carboxylic acids is 1. The van der Waals surface area contributed by atoms with Crippen molar-refractivity contribution in [1.82, 2.24) is 9.73 Å². The molecule has 0 aromatic heterocycles. The Morgan fingerprint density at radius 2 is 1.92 bits per heavy atom. The van der Waals surface area contributed by atoms with E-state index in [1.807, 2.05) is 11.2 Å². The summed E-state index contributed by atoms with van der Waals surface area (Å²) in [5, 5.41) is 21.6.